The largest absolute Gasteiger partial charge is 0.438 e. The molecular weight excluding hydrogens is 296 g/mol. The smallest absolute Gasteiger partial charge is 0.254 e. The van der Waals surface area contributed by atoms with E-state index < -0.39 is 0 Å². The number of rotatable bonds is 3. The summed E-state index contributed by atoms with van der Waals surface area (Å²) in [6.07, 6.45) is 0.657. The second-order valence-corrected chi connectivity index (χ2v) is 4.81. The van der Waals surface area contributed by atoms with E-state index in [2.05, 4.69) is 25.9 Å². The molecule has 0 saturated carbocycles. The molecule has 1 heterocycles. The number of ether oxygens (including phenoxy) is 1. The molecule has 0 unspecified atom stereocenters. The van der Waals surface area contributed by atoms with Crippen LogP contribution in [0.2, 0.25) is 0 Å². The van der Waals surface area contributed by atoms with Crippen LogP contribution in [0.15, 0.2) is 33.5 Å². The van der Waals surface area contributed by atoms with Crippen molar-refractivity contribution in [2.75, 3.05) is 0 Å². The number of nitrogens with zero attached hydrogens (tertiary/aromatic N) is 1. The van der Waals surface area contributed by atoms with Crippen molar-refractivity contribution >= 4 is 15.9 Å². The highest BCUT2D eigenvalue weighted by Crippen LogP contribution is 2.26. The highest BCUT2D eigenvalue weighted by molar-refractivity contribution is 9.10. The van der Waals surface area contributed by atoms with Crippen molar-refractivity contribution in [3.05, 3.63) is 50.5 Å². The van der Waals surface area contributed by atoms with E-state index in [1.54, 1.807) is 0 Å². The number of nitrogens with one attached hydrogen (secondary N) is 1. The van der Waals surface area contributed by atoms with Crippen LogP contribution in [0.5, 0.6) is 11.6 Å². The Labute approximate surface area is 113 Å². The number of halogens is 1. The second-order valence-electron chi connectivity index (χ2n) is 3.90. The Morgan fingerprint density at radius 2 is 2.17 bits per heavy atom. The van der Waals surface area contributed by atoms with Gasteiger partial charge in [-0.05, 0) is 24.6 Å². The van der Waals surface area contributed by atoms with E-state index in [0.29, 0.717) is 23.9 Å². The van der Waals surface area contributed by atoms with Gasteiger partial charge in [0.15, 0.2) is 0 Å². The summed E-state index contributed by atoms with van der Waals surface area (Å²) in [4.78, 5) is 18.3. The lowest BCUT2D eigenvalue weighted by Crippen LogP contribution is -2.10. The van der Waals surface area contributed by atoms with Crippen molar-refractivity contribution in [1.29, 1.82) is 0 Å². The molecule has 0 amide bonds. The molecule has 0 atom stereocenters. The number of aromatic nitrogens is 2. The predicted octanol–water partition coefficient (Wildman–Crippen LogP) is 3.20. The van der Waals surface area contributed by atoms with Crippen molar-refractivity contribution in [2.24, 2.45) is 0 Å². The Morgan fingerprint density at radius 3 is 2.89 bits per heavy atom. The van der Waals surface area contributed by atoms with E-state index >= 15 is 0 Å². The van der Waals surface area contributed by atoms with Crippen LogP contribution in [0.1, 0.15) is 18.3 Å². The molecule has 0 saturated heterocycles. The van der Waals surface area contributed by atoms with Crippen molar-refractivity contribution < 1.29 is 4.74 Å². The quantitative estimate of drug-likeness (QED) is 0.947. The molecule has 1 N–H and O–H groups in total. The topological polar surface area (TPSA) is 55.0 Å². The molecule has 0 aliphatic rings. The Morgan fingerprint density at radius 1 is 1.39 bits per heavy atom. The molecule has 0 radical (unpaired) electrons. The Balaban J connectivity index is 2.36. The molecule has 0 spiro atoms. The SMILES string of the molecule is CCc1nc(Oc2cc(Br)ccc2C)cc(=O)[nH]1. The van der Waals surface area contributed by atoms with Crippen LogP contribution >= 0.6 is 15.9 Å². The summed E-state index contributed by atoms with van der Waals surface area (Å²) in [6, 6.07) is 7.07. The second kappa shape index (κ2) is 5.35. The maximum absolute atomic E-state index is 11.4. The third-order valence-electron chi connectivity index (χ3n) is 2.47. The van der Waals surface area contributed by atoms with Crippen LogP contribution in [0.25, 0.3) is 0 Å². The summed E-state index contributed by atoms with van der Waals surface area (Å²) in [6.45, 7) is 3.86. The lowest BCUT2D eigenvalue weighted by atomic mass is 10.2. The van der Waals surface area contributed by atoms with E-state index in [9.17, 15) is 4.79 Å². The monoisotopic (exact) mass is 308 g/mol. The molecule has 0 fully saturated rings. The molecule has 1 aromatic heterocycles. The van der Waals surface area contributed by atoms with Gasteiger partial charge >= 0.3 is 0 Å². The van der Waals surface area contributed by atoms with Gasteiger partial charge in [-0.1, -0.05) is 28.9 Å². The van der Waals surface area contributed by atoms with Crippen molar-refractivity contribution in [2.45, 2.75) is 20.3 Å². The van der Waals surface area contributed by atoms with Crippen LogP contribution in [-0.4, -0.2) is 9.97 Å². The van der Waals surface area contributed by atoms with Gasteiger partial charge in [0.2, 0.25) is 5.88 Å². The number of H-pyrrole nitrogens is 1. The summed E-state index contributed by atoms with van der Waals surface area (Å²) in [5.74, 6) is 1.62. The van der Waals surface area contributed by atoms with Gasteiger partial charge in [-0.25, -0.2) is 0 Å². The minimum absolute atomic E-state index is 0.204. The van der Waals surface area contributed by atoms with Crippen LogP contribution < -0.4 is 10.3 Å². The first-order valence-corrected chi connectivity index (χ1v) is 6.42. The van der Waals surface area contributed by atoms with Crippen LogP contribution in [0, 0.1) is 6.92 Å². The van der Waals surface area contributed by atoms with Crippen molar-refractivity contribution in [3.8, 4) is 11.6 Å². The van der Waals surface area contributed by atoms with E-state index in [-0.39, 0.29) is 5.56 Å². The first-order chi connectivity index (χ1) is 8.58. The molecule has 2 aromatic rings. The summed E-state index contributed by atoms with van der Waals surface area (Å²) < 4.78 is 6.57. The normalized spacial score (nSPS) is 10.4. The molecular formula is C13H13BrN2O2. The number of aromatic amines is 1. The van der Waals surface area contributed by atoms with Gasteiger partial charge in [0.25, 0.3) is 5.56 Å². The van der Waals surface area contributed by atoms with Crippen LogP contribution in [0.3, 0.4) is 0 Å². The predicted molar refractivity (Wildman–Crippen MR) is 73.2 cm³/mol. The molecule has 2 rings (SSSR count). The number of hydrogen-bond donors (Lipinski definition) is 1. The summed E-state index contributed by atoms with van der Waals surface area (Å²) in [7, 11) is 0. The molecule has 18 heavy (non-hydrogen) atoms. The first-order valence-electron chi connectivity index (χ1n) is 5.62. The highest BCUT2D eigenvalue weighted by Gasteiger charge is 2.05. The Kier molecular flexibility index (Phi) is 3.81. The van der Waals surface area contributed by atoms with Gasteiger partial charge in [-0.2, -0.15) is 4.98 Å². The van der Waals surface area contributed by atoms with Crippen molar-refractivity contribution in [3.63, 3.8) is 0 Å². The summed E-state index contributed by atoms with van der Waals surface area (Å²) in [5.41, 5.74) is 0.780. The van der Waals surface area contributed by atoms with E-state index in [1.165, 1.54) is 6.07 Å². The van der Waals surface area contributed by atoms with Crippen LogP contribution in [-0.2, 0) is 6.42 Å². The van der Waals surface area contributed by atoms with E-state index in [1.807, 2.05) is 32.0 Å². The van der Waals surface area contributed by atoms with Gasteiger partial charge in [-0.15, -0.1) is 0 Å². The van der Waals surface area contributed by atoms with Crippen molar-refractivity contribution in [1.82, 2.24) is 9.97 Å². The Bertz CT molecular complexity index is 623. The van der Waals surface area contributed by atoms with Gasteiger partial charge in [0, 0.05) is 10.9 Å². The average Bonchev–Trinajstić information content (AvgIpc) is 2.33. The van der Waals surface area contributed by atoms with E-state index in [0.717, 1.165) is 10.0 Å². The molecule has 0 aliphatic heterocycles. The molecule has 1 aromatic carbocycles. The number of hydrogen-bond acceptors (Lipinski definition) is 3. The van der Waals surface area contributed by atoms with Crippen LogP contribution in [0.4, 0.5) is 0 Å². The van der Waals surface area contributed by atoms with E-state index in [4.69, 9.17) is 4.74 Å². The zero-order valence-corrected chi connectivity index (χ0v) is 11.7. The Hall–Kier alpha value is -1.62. The van der Waals surface area contributed by atoms with Gasteiger partial charge in [0.05, 0.1) is 6.07 Å². The fraction of sp³-hybridized carbons (Fsp3) is 0.231. The lowest BCUT2D eigenvalue weighted by molar-refractivity contribution is 0.454. The standard InChI is InChI=1S/C13H13BrN2O2/c1-3-11-15-12(17)7-13(16-11)18-10-6-9(14)5-4-8(10)2/h4-7H,3H2,1-2H3,(H,15,16,17). The lowest BCUT2D eigenvalue weighted by Gasteiger charge is -2.08. The molecule has 0 bridgehead atoms. The minimum Gasteiger partial charge on any atom is -0.438 e. The van der Waals surface area contributed by atoms with Gasteiger partial charge in [0.1, 0.15) is 11.6 Å². The fourth-order valence-electron chi connectivity index (χ4n) is 1.50. The average molecular weight is 309 g/mol. The van der Waals surface area contributed by atoms with Gasteiger partial charge in [-0.3, -0.25) is 4.79 Å². The summed E-state index contributed by atoms with van der Waals surface area (Å²) in [5, 5.41) is 0. The maximum atomic E-state index is 11.4. The number of aryl methyl sites for hydroxylation is 2. The summed E-state index contributed by atoms with van der Waals surface area (Å²) >= 11 is 3.38. The molecule has 5 heteroatoms. The molecule has 4 nitrogen and oxygen atoms in total. The number of benzene rings is 1. The minimum atomic E-state index is -0.204. The third-order valence-corrected chi connectivity index (χ3v) is 2.96. The zero-order valence-electron chi connectivity index (χ0n) is 10.2. The third kappa shape index (κ3) is 2.98. The fourth-order valence-corrected chi connectivity index (χ4v) is 1.84. The maximum Gasteiger partial charge on any atom is 0.254 e. The highest BCUT2D eigenvalue weighted by atomic mass is 79.9. The molecule has 94 valence electrons. The van der Waals surface area contributed by atoms with Gasteiger partial charge < -0.3 is 9.72 Å². The molecule has 0 aliphatic carbocycles. The first kappa shape index (κ1) is 12.8. The zero-order chi connectivity index (χ0) is 13.1.